The van der Waals surface area contributed by atoms with Crippen molar-refractivity contribution in [2.45, 2.75) is 25.4 Å². The van der Waals surface area contributed by atoms with Crippen molar-refractivity contribution in [1.82, 2.24) is 14.0 Å². The molecule has 2 aromatic carbocycles. The molecule has 1 fully saturated rings. The number of aryl methyl sites for hydroxylation is 1. The van der Waals surface area contributed by atoms with Gasteiger partial charge in [-0.1, -0.05) is 30.3 Å². The van der Waals surface area contributed by atoms with Crippen LogP contribution in [0, 0.1) is 5.92 Å². The first-order valence-electron chi connectivity index (χ1n) is 12.7. The second kappa shape index (κ2) is 9.44. The summed E-state index contributed by atoms with van der Waals surface area (Å²) in [6.07, 6.45) is 3.33. The molecule has 2 N–H and O–H groups in total. The zero-order valence-corrected chi connectivity index (χ0v) is 21.1. The summed E-state index contributed by atoms with van der Waals surface area (Å²) in [6, 6.07) is 19.0. The van der Waals surface area contributed by atoms with Crippen LogP contribution >= 0.6 is 0 Å². The number of carbonyl (C=O) groups is 1. The summed E-state index contributed by atoms with van der Waals surface area (Å²) in [5.41, 5.74) is 4.33. The Kier molecular flexibility index (Phi) is 5.96. The number of nitrogens with zero attached hydrogens (tertiary/aromatic N) is 3. The first kappa shape index (κ1) is 23.4. The number of hydrogen-bond acceptors (Lipinski definition) is 4. The second-order valence-corrected chi connectivity index (χ2v) is 10.1. The number of pyridine rings is 1. The summed E-state index contributed by atoms with van der Waals surface area (Å²) in [5, 5.41) is 6.81. The maximum absolute atomic E-state index is 13.4. The molecular formula is C29H31N5O3. The van der Waals surface area contributed by atoms with E-state index in [9.17, 15) is 9.59 Å². The minimum atomic E-state index is -0.473. The number of methoxy groups -OCH3 is 1. The van der Waals surface area contributed by atoms with Gasteiger partial charge in [-0.15, -0.1) is 0 Å². The quantitative estimate of drug-likeness (QED) is 0.422. The molecule has 2 aliphatic heterocycles. The van der Waals surface area contributed by atoms with E-state index in [1.807, 2.05) is 22.8 Å². The number of piperidine rings is 1. The van der Waals surface area contributed by atoms with Gasteiger partial charge in [-0.2, -0.15) is 0 Å². The summed E-state index contributed by atoms with van der Waals surface area (Å²) in [5.74, 6) is 1.25. The van der Waals surface area contributed by atoms with Gasteiger partial charge in [-0.05, 0) is 48.2 Å². The van der Waals surface area contributed by atoms with Gasteiger partial charge in [0.15, 0.2) is 0 Å². The number of aromatic nitrogens is 2. The van der Waals surface area contributed by atoms with Gasteiger partial charge < -0.3 is 24.5 Å². The number of nitrogens with one attached hydrogen (secondary N) is 2. The molecule has 4 heterocycles. The highest BCUT2D eigenvalue weighted by Gasteiger charge is 2.35. The smallest absolute Gasteiger partial charge is 0.323 e. The number of urea groups is 1. The van der Waals surface area contributed by atoms with Crippen molar-refractivity contribution in [1.29, 1.82) is 0 Å². The van der Waals surface area contributed by atoms with E-state index >= 15 is 0 Å². The zero-order valence-electron chi connectivity index (χ0n) is 21.1. The molecular weight excluding hydrogens is 466 g/mol. The number of fused-ring (bicyclic) bond motifs is 5. The summed E-state index contributed by atoms with van der Waals surface area (Å²) < 4.78 is 9.36. The molecule has 8 heteroatoms. The molecule has 0 aliphatic carbocycles. The van der Waals surface area contributed by atoms with Crippen LogP contribution in [0.25, 0.3) is 10.9 Å². The van der Waals surface area contributed by atoms with Crippen LogP contribution in [-0.4, -0.2) is 40.3 Å². The standard InChI is InChI=1S/C29H31N5O3/c1-32-16-21(22-7-3-5-9-26(22)32)18-33-14-19-13-20(17-33)25-12-11-24(28(35)34(25)15-19)31-29(36)30-23-8-4-6-10-27(23)37-2/h3-12,16,19-20H,13-15,17-18H2,1-2H3,(H2,30,31,36). The van der Waals surface area contributed by atoms with Gasteiger partial charge in [0.05, 0.1) is 12.8 Å². The van der Waals surface area contributed by atoms with Crippen molar-refractivity contribution >= 4 is 28.3 Å². The average Bonchev–Trinajstić information content (AvgIpc) is 3.21. The van der Waals surface area contributed by atoms with Crippen LogP contribution in [0.3, 0.4) is 0 Å². The van der Waals surface area contributed by atoms with Crippen molar-refractivity contribution in [3.05, 3.63) is 88.5 Å². The minimum absolute atomic E-state index is 0.148. The fourth-order valence-electron chi connectivity index (χ4n) is 6.09. The predicted molar refractivity (Wildman–Crippen MR) is 145 cm³/mol. The maximum Gasteiger partial charge on any atom is 0.323 e. The molecule has 6 rings (SSSR count). The SMILES string of the molecule is COc1ccccc1NC(=O)Nc1ccc2n(c1=O)CC1CC2CN(Cc2cn(C)c3ccccc23)C1. The van der Waals surface area contributed by atoms with Crippen LogP contribution in [0.5, 0.6) is 5.75 Å². The third-order valence-electron chi connectivity index (χ3n) is 7.66. The third kappa shape index (κ3) is 4.38. The molecule has 0 saturated carbocycles. The van der Waals surface area contributed by atoms with Gasteiger partial charge in [-0.25, -0.2) is 4.79 Å². The molecule has 4 aromatic rings. The van der Waals surface area contributed by atoms with Crippen molar-refractivity contribution in [2.24, 2.45) is 13.0 Å². The highest BCUT2D eigenvalue weighted by Crippen LogP contribution is 2.36. The molecule has 2 bridgehead atoms. The normalized spacial score (nSPS) is 18.9. The van der Waals surface area contributed by atoms with E-state index in [2.05, 4.69) is 57.6 Å². The predicted octanol–water partition coefficient (Wildman–Crippen LogP) is 4.61. The number of likely N-dealkylation sites (tertiary alicyclic amines) is 1. The lowest BCUT2D eigenvalue weighted by Gasteiger charge is -2.43. The van der Waals surface area contributed by atoms with E-state index < -0.39 is 6.03 Å². The van der Waals surface area contributed by atoms with Crippen molar-refractivity contribution in [3.63, 3.8) is 0 Å². The molecule has 2 aromatic heterocycles. The van der Waals surface area contributed by atoms with Crippen LogP contribution in [0.4, 0.5) is 16.2 Å². The first-order chi connectivity index (χ1) is 18.0. The van der Waals surface area contributed by atoms with Gasteiger partial charge >= 0.3 is 6.03 Å². The largest absolute Gasteiger partial charge is 0.495 e. The van der Waals surface area contributed by atoms with E-state index in [-0.39, 0.29) is 11.2 Å². The van der Waals surface area contributed by atoms with E-state index in [1.165, 1.54) is 16.5 Å². The number of anilines is 2. The lowest BCUT2D eigenvalue weighted by Crippen LogP contribution is -2.47. The fraction of sp³-hybridized carbons (Fsp3) is 0.310. The van der Waals surface area contributed by atoms with E-state index in [0.29, 0.717) is 29.8 Å². The van der Waals surface area contributed by atoms with Crippen LogP contribution in [-0.2, 0) is 20.1 Å². The Morgan fingerprint density at radius 3 is 2.62 bits per heavy atom. The van der Waals surface area contributed by atoms with Crippen molar-refractivity contribution < 1.29 is 9.53 Å². The van der Waals surface area contributed by atoms with E-state index in [0.717, 1.165) is 31.7 Å². The zero-order chi connectivity index (χ0) is 25.5. The highest BCUT2D eigenvalue weighted by atomic mass is 16.5. The van der Waals surface area contributed by atoms with Crippen LogP contribution in [0.15, 0.2) is 71.7 Å². The molecule has 1 saturated heterocycles. The maximum atomic E-state index is 13.4. The number of amides is 2. The van der Waals surface area contributed by atoms with Gasteiger partial charge in [-0.3, -0.25) is 9.69 Å². The molecule has 2 atom stereocenters. The number of carbonyl (C=O) groups excluding carboxylic acids is 1. The summed E-state index contributed by atoms with van der Waals surface area (Å²) in [6.45, 7) is 3.44. The lowest BCUT2D eigenvalue weighted by atomic mass is 9.83. The van der Waals surface area contributed by atoms with Gasteiger partial charge in [0, 0.05) is 61.9 Å². The Morgan fingerprint density at radius 1 is 0.973 bits per heavy atom. The molecule has 2 amide bonds. The highest BCUT2D eigenvalue weighted by molar-refractivity contribution is 6.00. The number of rotatable bonds is 5. The molecule has 37 heavy (non-hydrogen) atoms. The Morgan fingerprint density at radius 2 is 1.76 bits per heavy atom. The van der Waals surface area contributed by atoms with Crippen LogP contribution < -0.4 is 20.9 Å². The van der Waals surface area contributed by atoms with E-state index in [4.69, 9.17) is 4.74 Å². The summed E-state index contributed by atoms with van der Waals surface area (Å²) in [7, 11) is 3.65. The van der Waals surface area contributed by atoms with Gasteiger partial charge in [0.25, 0.3) is 5.56 Å². The Bertz CT molecular complexity index is 1540. The number of hydrogen-bond donors (Lipinski definition) is 2. The first-order valence-corrected chi connectivity index (χ1v) is 12.7. The Balaban J connectivity index is 1.19. The monoisotopic (exact) mass is 497 g/mol. The van der Waals surface area contributed by atoms with Gasteiger partial charge in [0.2, 0.25) is 0 Å². The fourth-order valence-corrected chi connectivity index (χ4v) is 6.09. The molecule has 2 aliphatic rings. The van der Waals surface area contributed by atoms with Crippen LogP contribution in [0.2, 0.25) is 0 Å². The van der Waals surface area contributed by atoms with Crippen LogP contribution in [0.1, 0.15) is 23.6 Å². The third-order valence-corrected chi connectivity index (χ3v) is 7.66. The summed E-state index contributed by atoms with van der Waals surface area (Å²) in [4.78, 5) is 28.5. The molecule has 0 spiro atoms. The van der Waals surface area contributed by atoms with Crippen molar-refractivity contribution in [3.8, 4) is 5.75 Å². The summed E-state index contributed by atoms with van der Waals surface area (Å²) >= 11 is 0. The number of benzene rings is 2. The average molecular weight is 498 g/mol. The van der Waals surface area contributed by atoms with Crippen molar-refractivity contribution in [2.75, 3.05) is 30.8 Å². The Hall–Kier alpha value is -4.04. The Labute approximate surface area is 215 Å². The lowest BCUT2D eigenvalue weighted by molar-refractivity contribution is 0.115. The van der Waals surface area contributed by atoms with Gasteiger partial charge in [0.1, 0.15) is 11.4 Å². The molecule has 190 valence electrons. The number of ether oxygens (including phenoxy) is 1. The number of para-hydroxylation sites is 3. The topological polar surface area (TPSA) is 80.5 Å². The second-order valence-electron chi connectivity index (χ2n) is 10.1. The molecule has 8 nitrogen and oxygen atoms in total. The minimum Gasteiger partial charge on any atom is -0.495 e. The van der Waals surface area contributed by atoms with E-state index in [1.54, 1.807) is 25.3 Å². The molecule has 2 unspecified atom stereocenters. The molecule has 0 radical (unpaired) electrons.